The Morgan fingerprint density at radius 2 is 1.44 bits per heavy atom. The molecule has 9 heavy (non-hydrogen) atoms. The van der Waals surface area contributed by atoms with Gasteiger partial charge in [0.25, 0.3) is 0 Å². The van der Waals surface area contributed by atoms with Crippen LogP contribution >= 0.6 is 0 Å². The van der Waals surface area contributed by atoms with Crippen LogP contribution in [0.3, 0.4) is 0 Å². The quantitative estimate of drug-likeness (QED) is 0.599. The molecule has 2 nitrogen and oxygen atoms in total. The van der Waals surface area contributed by atoms with E-state index in [1.807, 2.05) is 13.8 Å². The van der Waals surface area contributed by atoms with Crippen molar-refractivity contribution in [1.82, 2.24) is 0 Å². The predicted molar refractivity (Wildman–Crippen MR) is 45.4 cm³/mol. The van der Waals surface area contributed by atoms with Gasteiger partial charge in [-0.05, 0) is 20.0 Å². The fourth-order valence-electron chi connectivity index (χ4n) is 0.204. The maximum Gasteiger partial charge on any atom is -0.00774 e. The van der Waals surface area contributed by atoms with Crippen LogP contribution in [0.25, 0.3) is 0 Å². The summed E-state index contributed by atoms with van der Waals surface area (Å²) in [4.78, 5) is 0. The summed E-state index contributed by atoms with van der Waals surface area (Å²) >= 11 is 0. The van der Waals surface area contributed by atoms with E-state index in [1.54, 1.807) is 0 Å². The number of hydrogen-bond acceptors (Lipinski definition) is 2. The largest absolute Gasteiger partial charge is 0.333 e. The molecule has 0 radical (unpaired) electrons. The van der Waals surface area contributed by atoms with Crippen molar-refractivity contribution in [1.29, 1.82) is 0 Å². The highest BCUT2D eigenvalue weighted by atomic mass is 14.5. The summed E-state index contributed by atoms with van der Waals surface area (Å²) < 4.78 is 0. The third-order valence-electron chi connectivity index (χ3n) is 0.558. The van der Waals surface area contributed by atoms with Gasteiger partial charge in [-0.25, -0.2) is 0 Å². The molecule has 0 unspecified atom stereocenters. The minimum atomic E-state index is 0.844. The van der Waals surface area contributed by atoms with E-state index in [4.69, 9.17) is 5.73 Å². The van der Waals surface area contributed by atoms with Gasteiger partial charge in [0, 0.05) is 0 Å². The monoisotopic (exact) mass is 134 g/mol. The molecule has 0 atom stereocenters. The number of rotatable bonds is 2. The molecule has 0 saturated carbocycles. The normalized spacial score (nSPS) is 6.00. The lowest BCUT2D eigenvalue weighted by Gasteiger charge is -1.80. The lowest BCUT2D eigenvalue weighted by atomic mass is 10.3. The Labute approximate surface area is 59.6 Å². The first-order chi connectivity index (χ1) is 4.41. The molecule has 0 aromatic carbocycles. The van der Waals surface area contributed by atoms with Gasteiger partial charge in [0.2, 0.25) is 0 Å². The molecule has 0 bridgehead atoms. The Bertz CT molecular complexity index is 14.4. The van der Waals surface area contributed by atoms with Crippen molar-refractivity contribution in [3.05, 3.63) is 0 Å². The van der Waals surface area contributed by atoms with E-state index in [-0.39, 0.29) is 0 Å². The molecule has 0 aliphatic carbocycles. The van der Waals surface area contributed by atoms with Crippen LogP contribution in [0.2, 0.25) is 0 Å². The van der Waals surface area contributed by atoms with Crippen LogP contribution in [-0.4, -0.2) is 13.6 Å². The van der Waals surface area contributed by atoms with Crippen LogP contribution in [0.15, 0.2) is 0 Å². The van der Waals surface area contributed by atoms with Crippen molar-refractivity contribution >= 4 is 0 Å². The second kappa shape index (κ2) is 44.5. The van der Waals surface area contributed by atoms with Crippen LogP contribution in [0.5, 0.6) is 0 Å². The van der Waals surface area contributed by atoms with Crippen LogP contribution in [0.1, 0.15) is 33.6 Å². The standard InChI is InChI=1S/C4H11N.C2H6.CH5N/c1-2-3-4-5;2*1-2/h2-5H2,1H3;1-2H3;2H2,1H3. The number of unbranched alkanes of at least 4 members (excludes halogenated alkanes) is 1. The van der Waals surface area contributed by atoms with E-state index in [1.165, 1.54) is 19.9 Å². The second-order valence-corrected chi connectivity index (χ2v) is 1.14. The van der Waals surface area contributed by atoms with Gasteiger partial charge in [-0.1, -0.05) is 27.2 Å². The minimum absolute atomic E-state index is 0.844. The highest BCUT2D eigenvalue weighted by molar-refractivity contribution is 4.29. The molecule has 0 fully saturated rings. The van der Waals surface area contributed by atoms with Gasteiger partial charge >= 0.3 is 0 Å². The molecule has 0 saturated heterocycles. The van der Waals surface area contributed by atoms with Gasteiger partial charge in [0.05, 0.1) is 0 Å². The van der Waals surface area contributed by atoms with E-state index in [9.17, 15) is 0 Å². The summed E-state index contributed by atoms with van der Waals surface area (Å²) in [7, 11) is 1.50. The summed E-state index contributed by atoms with van der Waals surface area (Å²) in [6.45, 7) is 6.98. The summed E-state index contributed by atoms with van der Waals surface area (Å²) in [5.74, 6) is 0. The van der Waals surface area contributed by atoms with Crippen molar-refractivity contribution in [3.63, 3.8) is 0 Å². The molecule has 0 spiro atoms. The van der Waals surface area contributed by atoms with Gasteiger partial charge in [0.15, 0.2) is 0 Å². The molecule has 4 N–H and O–H groups in total. The fraction of sp³-hybridized carbons (Fsp3) is 1.00. The second-order valence-electron chi connectivity index (χ2n) is 1.14. The zero-order chi connectivity index (χ0) is 8.12. The highest BCUT2D eigenvalue weighted by Gasteiger charge is 1.67. The summed E-state index contributed by atoms with van der Waals surface area (Å²) in [6.07, 6.45) is 2.39. The SMILES string of the molecule is CC.CCCCN.CN. The zero-order valence-corrected chi connectivity index (χ0v) is 7.28. The molecular weight excluding hydrogens is 112 g/mol. The maximum atomic E-state index is 5.14. The minimum Gasteiger partial charge on any atom is -0.333 e. The summed E-state index contributed by atoms with van der Waals surface area (Å²) in [5.41, 5.74) is 9.64. The van der Waals surface area contributed by atoms with Gasteiger partial charge in [-0.2, -0.15) is 0 Å². The predicted octanol–water partition coefficient (Wildman–Crippen LogP) is 1.35. The van der Waals surface area contributed by atoms with E-state index in [0.29, 0.717) is 0 Å². The Morgan fingerprint density at radius 3 is 1.44 bits per heavy atom. The average Bonchev–Trinajstić information content (AvgIpc) is 1.98. The smallest absolute Gasteiger partial charge is 0.00774 e. The molecule has 0 aromatic heterocycles. The van der Waals surface area contributed by atoms with Crippen molar-refractivity contribution in [2.75, 3.05) is 13.6 Å². The first-order valence-electron chi connectivity index (χ1n) is 3.69. The van der Waals surface area contributed by atoms with Crippen molar-refractivity contribution < 1.29 is 0 Å². The number of hydrogen-bond donors (Lipinski definition) is 2. The Kier molecular flexibility index (Phi) is 78.9. The van der Waals surface area contributed by atoms with Gasteiger partial charge < -0.3 is 11.5 Å². The molecule has 0 amide bonds. The van der Waals surface area contributed by atoms with E-state index >= 15 is 0 Å². The van der Waals surface area contributed by atoms with Crippen molar-refractivity contribution in [2.24, 2.45) is 11.5 Å². The average molecular weight is 134 g/mol. The fourth-order valence-corrected chi connectivity index (χ4v) is 0.204. The highest BCUT2D eigenvalue weighted by Crippen LogP contribution is 1.77. The first-order valence-corrected chi connectivity index (χ1v) is 3.69. The Hall–Kier alpha value is -0.0800. The van der Waals surface area contributed by atoms with Crippen molar-refractivity contribution in [3.8, 4) is 0 Å². The van der Waals surface area contributed by atoms with Crippen LogP contribution in [-0.2, 0) is 0 Å². The van der Waals surface area contributed by atoms with Crippen LogP contribution < -0.4 is 11.5 Å². The van der Waals surface area contributed by atoms with Crippen LogP contribution in [0, 0.1) is 0 Å². The Balaban J connectivity index is -0.0000000771. The van der Waals surface area contributed by atoms with Gasteiger partial charge in [-0.3, -0.25) is 0 Å². The molecule has 0 aliphatic heterocycles. The molecular formula is C7H22N2. The third kappa shape index (κ3) is 75.3. The zero-order valence-electron chi connectivity index (χ0n) is 7.28. The maximum absolute atomic E-state index is 5.14. The molecule has 2 heteroatoms. The molecule has 0 aliphatic rings. The number of nitrogens with two attached hydrogens (primary N) is 2. The molecule has 0 rings (SSSR count). The summed E-state index contributed by atoms with van der Waals surface area (Å²) in [6, 6.07) is 0. The van der Waals surface area contributed by atoms with Gasteiger partial charge in [0.1, 0.15) is 0 Å². The lowest BCUT2D eigenvalue weighted by Crippen LogP contribution is -1.95. The third-order valence-corrected chi connectivity index (χ3v) is 0.558. The molecule has 0 heterocycles. The first kappa shape index (κ1) is 16.0. The van der Waals surface area contributed by atoms with Crippen molar-refractivity contribution in [2.45, 2.75) is 33.6 Å². The van der Waals surface area contributed by atoms with E-state index in [2.05, 4.69) is 12.7 Å². The Morgan fingerprint density at radius 1 is 1.11 bits per heavy atom. The molecule has 0 aromatic rings. The van der Waals surface area contributed by atoms with E-state index < -0.39 is 0 Å². The summed E-state index contributed by atoms with van der Waals surface area (Å²) in [5, 5.41) is 0. The van der Waals surface area contributed by atoms with E-state index in [0.717, 1.165) is 6.54 Å². The lowest BCUT2D eigenvalue weighted by molar-refractivity contribution is 0.807. The van der Waals surface area contributed by atoms with Crippen LogP contribution in [0.4, 0.5) is 0 Å². The molecule has 60 valence electrons. The topological polar surface area (TPSA) is 52.0 Å². The van der Waals surface area contributed by atoms with Gasteiger partial charge in [-0.15, -0.1) is 0 Å².